The predicted molar refractivity (Wildman–Crippen MR) is 57.4 cm³/mol. The Kier molecular flexibility index (Phi) is 3.41. The molecule has 0 aromatic rings. The van der Waals surface area contributed by atoms with E-state index in [0.717, 1.165) is 0 Å². The summed E-state index contributed by atoms with van der Waals surface area (Å²) in [5, 5.41) is 3.75. The lowest BCUT2D eigenvalue weighted by atomic mass is 9.76. The average molecular weight is 225 g/mol. The summed E-state index contributed by atoms with van der Waals surface area (Å²) < 4.78 is 0. The Morgan fingerprint density at radius 1 is 1.38 bits per heavy atom. The van der Waals surface area contributed by atoms with Gasteiger partial charge in [-0.2, -0.15) is 5.10 Å². The summed E-state index contributed by atoms with van der Waals surface area (Å²) in [5.74, 6) is -1.97. The minimum Gasteiger partial charge on any atom is -0.361 e. The van der Waals surface area contributed by atoms with E-state index in [9.17, 15) is 14.4 Å². The molecular formula is C10H15N3O3. The zero-order chi connectivity index (χ0) is 12.3. The van der Waals surface area contributed by atoms with Gasteiger partial charge in [0.05, 0.1) is 0 Å². The third kappa shape index (κ3) is 3.45. The van der Waals surface area contributed by atoms with Gasteiger partial charge < -0.3 is 5.73 Å². The summed E-state index contributed by atoms with van der Waals surface area (Å²) in [5.41, 5.74) is 7.21. The van der Waals surface area contributed by atoms with Crippen molar-refractivity contribution in [2.45, 2.75) is 33.1 Å². The van der Waals surface area contributed by atoms with E-state index in [0.29, 0.717) is 18.6 Å². The highest BCUT2D eigenvalue weighted by atomic mass is 16.2. The number of hydrogen-bond acceptors (Lipinski definition) is 4. The molecule has 1 rings (SSSR count). The number of nitrogens with zero attached hydrogens (tertiary/aromatic N) is 1. The van der Waals surface area contributed by atoms with Crippen LogP contribution in [0.3, 0.4) is 0 Å². The van der Waals surface area contributed by atoms with Crippen molar-refractivity contribution in [3.8, 4) is 0 Å². The second kappa shape index (κ2) is 4.42. The van der Waals surface area contributed by atoms with E-state index in [1.54, 1.807) is 0 Å². The van der Waals surface area contributed by atoms with Crippen LogP contribution in [0.2, 0.25) is 0 Å². The third-order valence-electron chi connectivity index (χ3n) is 2.30. The molecule has 0 radical (unpaired) electrons. The van der Waals surface area contributed by atoms with E-state index in [-0.39, 0.29) is 17.6 Å². The van der Waals surface area contributed by atoms with Crippen molar-refractivity contribution < 1.29 is 14.4 Å². The van der Waals surface area contributed by atoms with Crippen LogP contribution in [0.15, 0.2) is 5.10 Å². The molecule has 0 bridgehead atoms. The number of rotatable bonds is 1. The first-order valence-electron chi connectivity index (χ1n) is 4.97. The van der Waals surface area contributed by atoms with Crippen molar-refractivity contribution in [3.05, 3.63) is 0 Å². The third-order valence-corrected chi connectivity index (χ3v) is 2.30. The van der Waals surface area contributed by atoms with Crippen LogP contribution < -0.4 is 11.2 Å². The predicted octanol–water partition coefficient (Wildman–Crippen LogP) is -0.277. The maximum absolute atomic E-state index is 11.4. The molecule has 2 amide bonds. The van der Waals surface area contributed by atoms with Crippen molar-refractivity contribution in [3.63, 3.8) is 0 Å². The Balaban J connectivity index is 2.66. The number of Topliss-reactive ketones (excluding diaryl/α,β-unsaturated/α-hetero) is 1. The molecule has 16 heavy (non-hydrogen) atoms. The first-order chi connectivity index (χ1) is 7.30. The van der Waals surface area contributed by atoms with Crippen LogP contribution >= 0.6 is 0 Å². The van der Waals surface area contributed by atoms with Gasteiger partial charge in [-0.05, 0) is 11.8 Å². The van der Waals surface area contributed by atoms with E-state index in [1.165, 1.54) is 0 Å². The molecule has 6 nitrogen and oxygen atoms in total. The molecule has 6 heteroatoms. The molecule has 1 fully saturated rings. The zero-order valence-corrected chi connectivity index (χ0v) is 9.37. The first kappa shape index (κ1) is 12.4. The van der Waals surface area contributed by atoms with Crippen molar-refractivity contribution in [1.29, 1.82) is 0 Å². The minimum absolute atomic E-state index is 0.0864. The highest BCUT2D eigenvalue weighted by Crippen LogP contribution is 2.31. The number of hydrogen-bond donors (Lipinski definition) is 2. The van der Waals surface area contributed by atoms with E-state index in [1.807, 2.05) is 19.3 Å². The van der Waals surface area contributed by atoms with Crippen LogP contribution in [0.5, 0.6) is 0 Å². The molecule has 0 aromatic carbocycles. The molecule has 1 aliphatic rings. The van der Waals surface area contributed by atoms with Gasteiger partial charge in [0.2, 0.25) is 0 Å². The van der Waals surface area contributed by atoms with Gasteiger partial charge in [0, 0.05) is 18.6 Å². The van der Waals surface area contributed by atoms with Crippen LogP contribution in [-0.4, -0.2) is 23.3 Å². The smallest absolute Gasteiger partial charge is 0.329 e. The number of nitrogens with two attached hydrogens (primary N) is 1. The summed E-state index contributed by atoms with van der Waals surface area (Å²) in [6.07, 6.45) is 1.36. The Labute approximate surface area is 93.3 Å². The van der Waals surface area contributed by atoms with Gasteiger partial charge >= 0.3 is 11.8 Å². The quantitative estimate of drug-likeness (QED) is 0.474. The molecule has 0 heterocycles. The maximum atomic E-state index is 11.4. The second-order valence-corrected chi connectivity index (χ2v) is 4.72. The molecule has 0 unspecified atom stereocenters. The summed E-state index contributed by atoms with van der Waals surface area (Å²) in [7, 11) is 0. The van der Waals surface area contributed by atoms with E-state index >= 15 is 0 Å². The molecule has 1 saturated carbocycles. The topological polar surface area (TPSA) is 102 Å². The molecule has 0 saturated heterocycles. The van der Waals surface area contributed by atoms with E-state index in [4.69, 9.17) is 5.73 Å². The van der Waals surface area contributed by atoms with Crippen LogP contribution in [0, 0.1) is 5.41 Å². The Morgan fingerprint density at radius 3 is 2.50 bits per heavy atom. The van der Waals surface area contributed by atoms with Crippen LogP contribution in [0.25, 0.3) is 0 Å². The Hall–Kier alpha value is -1.72. The lowest BCUT2D eigenvalue weighted by Gasteiger charge is -2.28. The average Bonchev–Trinajstić information content (AvgIpc) is 2.10. The zero-order valence-electron chi connectivity index (χ0n) is 9.37. The van der Waals surface area contributed by atoms with Gasteiger partial charge in [-0.15, -0.1) is 0 Å². The summed E-state index contributed by atoms with van der Waals surface area (Å²) >= 11 is 0. The SMILES string of the molecule is CC1(C)CC(=O)C/C(=N/NC(=O)C(N)=O)C1. The van der Waals surface area contributed by atoms with Crippen molar-refractivity contribution in [1.82, 2.24) is 5.43 Å². The number of amides is 2. The highest BCUT2D eigenvalue weighted by molar-refractivity contribution is 6.34. The minimum atomic E-state index is -1.09. The van der Waals surface area contributed by atoms with E-state index < -0.39 is 11.8 Å². The molecule has 0 atom stereocenters. The monoisotopic (exact) mass is 225 g/mol. The number of ketones is 1. The molecule has 88 valence electrons. The molecule has 1 aliphatic carbocycles. The normalized spacial score (nSPS) is 21.9. The number of nitrogens with one attached hydrogen (secondary N) is 1. The molecule has 0 spiro atoms. The standard InChI is InChI=1S/C10H15N3O3/c1-10(2)4-6(3-7(14)5-10)12-13-9(16)8(11)15/h3-5H2,1-2H3,(H2,11,15)(H,13,16)/b12-6-. The first-order valence-corrected chi connectivity index (χ1v) is 4.97. The fraction of sp³-hybridized carbons (Fsp3) is 0.600. The largest absolute Gasteiger partial charge is 0.361 e. The molecule has 0 aromatic heterocycles. The van der Waals surface area contributed by atoms with Gasteiger partial charge in [0.25, 0.3) is 0 Å². The van der Waals surface area contributed by atoms with Crippen molar-refractivity contribution in [2.24, 2.45) is 16.3 Å². The van der Waals surface area contributed by atoms with Gasteiger partial charge in [-0.3, -0.25) is 14.4 Å². The van der Waals surface area contributed by atoms with Crippen molar-refractivity contribution in [2.75, 3.05) is 0 Å². The van der Waals surface area contributed by atoms with Crippen molar-refractivity contribution >= 4 is 23.3 Å². The second-order valence-electron chi connectivity index (χ2n) is 4.72. The fourth-order valence-electron chi connectivity index (χ4n) is 1.77. The lowest BCUT2D eigenvalue weighted by Crippen LogP contribution is -2.35. The maximum Gasteiger partial charge on any atom is 0.329 e. The number of primary amides is 1. The van der Waals surface area contributed by atoms with Gasteiger partial charge in [0.1, 0.15) is 5.78 Å². The van der Waals surface area contributed by atoms with Gasteiger partial charge in [-0.25, -0.2) is 5.43 Å². The molecular weight excluding hydrogens is 210 g/mol. The summed E-state index contributed by atoms with van der Waals surface area (Å²) in [6.45, 7) is 3.91. The van der Waals surface area contributed by atoms with E-state index in [2.05, 4.69) is 5.10 Å². The van der Waals surface area contributed by atoms with Crippen LogP contribution in [0.1, 0.15) is 33.1 Å². The molecule has 3 N–H and O–H groups in total. The number of carbonyl (C=O) groups is 3. The van der Waals surface area contributed by atoms with Gasteiger partial charge in [0.15, 0.2) is 0 Å². The molecule has 0 aliphatic heterocycles. The van der Waals surface area contributed by atoms with Crippen LogP contribution in [0.4, 0.5) is 0 Å². The fourth-order valence-corrected chi connectivity index (χ4v) is 1.77. The Morgan fingerprint density at radius 2 is 2.00 bits per heavy atom. The highest BCUT2D eigenvalue weighted by Gasteiger charge is 2.30. The summed E-state index contributed by atoms with van der Waals surface area (Å²) in [4.78, 5) is 32.7. The van der Waals surface area contributed by atoms with Gasteiger partial charge in [-0.1, -0.05) is 13.8 Å². The Bertz CT molecular complexity index is 372. The lowest BCUT2D eigenvalue weighted by molar-refractivity contribution is -0.137. The number of carbonyl (C=O) groups excluding carboxylic acids is 3. The number of hydrazone groups is 1. The summed E-state index contributed by atoms with van der Waals surface area (Å²) in [6, 6.07) is 0. The van der Waals surface area contributed by atoms with Crippen LogP contribution in [-0.2, 0) is 14.4 Å².